The van der Waals surface area contributed by atoms with Gasteiger partial charge in [0.25, 0.3) is 0 Å². The first-order valence-electron chi connectivity index (χ1n) is 7.29. The molecule has 0 bridgehead atoms. The molecule has 0 aliphatic carbocycles. The Kier molecular flexibility index (Phi) is 4.11. The minimum atomic E-state index is -0.544. The van der Waals surface area contributed by atoms with Crippen molar-refractivity contribution in [3.05, 3.63) is 41.8 Å². The highest BCUT2D eigenvalue weighted by molar-refractivity contribution is 6.32. The number of hydrogen-bond acceptors (Lipinski definition) is 5. The molecule has 0 saturated carbocycles. The molecule has 0 saturated heterocycles. The second kappa shape index (κ2) is 6.09. The SMILES string of the molecule is CC(C)(C)OC(=O)Nc1ccc(-c2nnc3c(Cl)nccn23)cc1. The summed E-state index contributed by atoms with van der Waals surface area (Å²) in [5.74, 6) is 0.637. The number of anilines is 1. The molecule has 3 rings (SSSR count). The molecule has 0 spiro atoms. The maximum atomic E-state index is 11.8. The van der Waals surface area contributed by atoms with Crippen molar-refractivity contribution in [2.75, 3.05) is 5.32 Å². The van der Waals surface area contributed by atoms with Gasteiger partial charge in [-0.25, -0.2) is 9.78 Å². The van der Waals surface area contributed by atoms with Gasteiger partial charge in [-0.15, -0.1) is 10.2 Å². The molecule has 0 aliphatic heterocycles. The molecule has 0 atom stereocenters. The first kappa shape index (κ1) is 16.2. The summed E-state index contributed by atoms with van der Waals surface area (Å²) in [6.07, 6.45) is 2.82. The van der Waals surface area contributed by atoms with E-state index in [9.17, 15) is 4.79 Å². The van der Waals surface area contributed by atoms with Crippen molar-refractivity contribution in [1.82, 2.24) is 19.6 Å². The molecule has 1 aromatic carbocycles. The molecule has 1 N–H and O–H groups in total. The number of amides is 1. The lowest BCUT2D eigenvalue weighted by Crippen LogP contribution is -2.27. The number of rotatable bonds is 2. The smallest absolute Gasteiger partial charge is 0.412 e. The van der Waals surface area contributed by atoms with Crippen LogP contribution in [0.4, 0.5) is 10.5 Å². The summed E-state index contributed by atoms with van der Waals surface area (Å²) >= 11 is 6.00. The fourth-order valence-electron chi connectivity index (χ4n) is 2.12. The number of nitrogens with zero attached hydrogens (tertiary/aromatic N) is 4. The highest BCUT2D eigenvalue weighted by Gasteiger charge is 2.16. The third-order valence-electron chi connectivity index (χ3n) is 3.07. The van der Waals surface area contributed by atoms with Gasteiger partial charge in [0.15, 0.2) is 16.6 Å². The summed E-state index contributed by atoms with van der Waals surface area (Å²) in [6, 6.07) is 7.20. The second-order valence-electron chi connectivity index (χ2n) is 6.14. The Balaban J connectivity index is 1.81. The van der Waals surface area contributed by atoms with Crippen LogP contribution in [-0.2, 0) is 4.74 Å². The molecule has 0 fully saturated rings. The van der Waals surface area contributed by atoms with Gasteiger partial charge >= 0.3 is 6.09 Å². The van der Waals surface area contributed by atoms with Gasteiger partial charge in [0.1, 0.15) is 5.60 Å². The van der Waals surface area contributed by atoms with Crippen LogP contribution in [0.1, 0.15) is 20.8 Å². The maximum absolute atomic E-state index is 11.8. The van der Waals surface area contributed by atoms with Gasteiger partial charge in [0, 0.05) is 23.6 Å². The molecule has 8 heteroatoms. The van der Waals surface area contributed by atoms with E-state index in [1.807, 2.05) is 32.9 Å². The lowest BCUT2D eigenvalue weighted by atomic mass is 10.2. The average Bonchev–Trinajstić information content (AvgIpc) is 2.91. The number of carbonyl (C=O) groups is 1. The monoisotopic (exact) mass is 345 g/mol. The highest BCUT2D eigenvalue weighted by Crippen LogP contribution is 2.22. The molecule has 24 heavy (non-hydrogen) atoms. The summed E-state index contributed by atoms with van der Waals surface area (Å²) in [7, 11) is 0. The molecule has 1 amide bonds. The lowest BCUT2D eigenvalue weighted by Gasteiger charge is -2.19. The Morgan fingerprint density at radius 2 is 1.92 bits per heavy atom. The molecule has 2 heterocycles. The van der Waals surface area contributed by atoms with Gasteiger partial charge in [0.05, 0.1) is 0 Å². The molecule has 7 nitrogen and oxygen atoms in total. The van der Waals surface area contributed by atoms with Crippen molar-refractivity contribution < 1.29 is 9.53 Å². The molecular weight excluding hydrogens is 330 g/mol. The van der Waals surface area contributed by atoms with E-state index in [-0.39, 0.29) is 0 Å². The molecule has 2 aromatic heterocycles. The molecule has 3 aromatic rings. The van der Waals surface area contributed by atoms with Crippen LogP contribution in [-0.4, -0.2) is 31.3 Å². The third-order valence-corrected chi connectivity index (χ3v) is 3.34. The van der Waals surface area contributed by atoms with E-state index in [1.54, 1.807) is 28.9 Å². The fraction of sp³-hybridized carbons (Fsp3) is 0.250. The Morgan fingerprint density at radius 1 is 1.21 bits per heavy atom. The number of hydrogen-bond donors (Lipinski definition) is 1. The maximum Gasteiger partial charge on any atom is 0.412 e. The summed E-state index contributed by atoms with van der Waals surface area (Å²) in [5.41, 5.74) is 1.41. The van der Waals surface area contributed by atoms with E-state index >= 15 is 0 Å². The second-order valence-corrected chi connectivity index (χ2v) is 6.50. The zero-order chi connectivity index (χ0) is 17.3. The van der Waals surface area contributed by atoms with Gasteiger partial charge in [-0.3, -0.25) is 9.72 Å². The van der Waals surface area contributed by atoms with Crippen LogP contribution in [0.5, 0.6) is 0 Å². The predicted molar refractivity (Wildman–Crippen MR) is 91.1 cm³/mol. The van der Waals surface area contributed by atoms with Gasteiger partial charge < -0.3 is 4.74 Å². The van der Waals surface area contributed by atoms with Crippen molar-refractivity contribution >= 4 is 29.0 Å². The van der Waals surface area contributed by atoms with E-state index in [0.29, 0.717) is 22.3 Å². The van der Waals surface area contributed by atoms with Crippen LogP contribution in [0.15, 0.2) is 36.7 Å². The largest absolute Gasteiger partial charge is 0.444 e. The van der Waals surface area contributed by atoms with Gasteiger partial charge in [-0.05, 0) is 45.0 Å². The van der Waals surface area contributed by atoms with Crippen molar-refractivity contribution in [2.24, 2.45) is 0 Å². The number of benzene rings is 1. The van der Waals surface area contributed by atoms with Crippen LogP contribution >= 0.6 is 11.6 Å². The predicted octanol–water partition coefficient (Wildman–Crippen LogP) is 3.79. The summed E-state index contributed by atoms with van der Waals surface area (Å²) in [4.78, 5) is 15.7. The number of ether oxygens (including phenoxy) is 1. The van der Waals surface area contributed by atoms with Crippen molar-refractivity contribution in [2.45, 2.75) is 26.4 Å². The summed E-state index contributed by atoms with van der Waals surface area (Å²) in [6.45, 7) is 5.43. The van der Waals surface area contributed by atoms with E-state index in [4.69, 9.17) is 16.3 Å². The Hall–Kier alpha value is -2.67. The van der Waals surface area contributed by atoms with E-state index in [0.717, 1.165) is 5.56 Å². The number of halogens is 1. The molecule has 0 radical (unpaired) electrons. The normalized spacial score (nSPS) is 11.5. The minimum absolute atomic E-state index is 0.291. The van der Waals surface area contributed by atoms with E-state index in [2.05, 4.69) is 20.5 Å². The number of carbonyl (C=O) groups excluding carboxylic acids is 1. The zero-order valence-electron chi connectivity index (χ0n) is 13.4. The Labute approximate surface area is 143 Å². The quantitative estimate of drug-likeness (QED) is 0.764. The molecular formula is C16H16ClN5O2. The van der Waals surface area contributed by atoms with Crippen LogP contribution in [0.25, 0.3) is 17.0 Å². The lowest BCUT2D eigenvalue weighted by molar-refractivity contribution is 0.0636. The number of nitrogens with one attached hydrogen (secondary N) is 1. The first-order chi connectivity index (χ1) is 11.3. The van der Waals surface area contributed by atoms with E-state index in [1.165, 1.54) is 0 Å². The first-order valence-corrected chi connectivity index (χ1v) is 7.67. The van der Waals surface area contributed by atoms with Crippen molar-refractivity contribution in [3.63, 3.8) is 0 Å². The minimum Gasteiger partial charge on any atom is -0.444 e. The summed E-state index contributed by atoms with van der Waals surface area (Å²) < 4.78 is 6.97. The van der Waals surface area contributed by atoms with Crippen LogP contribution < -0.4 is 5.32 Å². The van der Waals surface area contributed by atoms with Crippen LogP contribution in [0.2, 0.25) is 5.15 Å². The molecule has 0 unspecified atom stereocenters. The third kappa shape index (κ3) is 3.46. The fourth-order valence-corrected chi connectivity index (χ4v) is 2.30. The summed E-state index contributed by atoms with van der Waals surface area (Å²) in [5, 5.41) is 11.1. The number of fused-ring (bicyclic) bond motifs is 1. The van der Waals surface area contributed by atoms with Crippen LogP contribution in [0, 0.1) is 0 Å². The average molecular weight is 346 g/mol. The molecule has 124 valence electrons. The van der Waals surface area contributed by atoms with Gasteiger partial charge in [-0.1, -0.05) is 11.6 Å². The highest BCUT2D eigenvalue weighted by atomic mass is 35.5. The van der Waals surface area contributed by atoms with Gasteiger partial charge in [-0.2, -0.15) is 0 Å². The topological polar surface area (TPSA) is 81.4 Å². The molecule has 0 aliphatic rings. The number of aromatic nitrogens is 4. The van der Waals surface area contributed by atoms with E-state index < -0.39 is 11.7 Å². The van der Waals surface area contributed by atoms with Gasteiger partial charge in [0.2, 0.25) is 0 Å². The Morgan fingerprint density at radius 3 is 2.58 bits per heavy atom. The van der Waals surface area contributed by atoms with Crippen molar-refractivity contribution in [3.8, 4) is 11.4 Å². The standard InChI is InChI=1S/C16H16ClN5O2/c1-16(2,3)24-15(23)19-11-6-4-10(5-7-11)13-20-21-14-12(17)18-8-9-22(13)14/h4-9H,1-3H3,(H,19,23). The van der Waals surface area contributed by atoms with Crippen molar-refractivity contribution in [1.29, 1.82) is 0 Å². The zero-order valence-corrected chi connectivity index (χ0v) is 14.2. The Bertz CT molecular complexity index is 884. The van der Waals surface area contributed by atoms with Crippen LogP contribution in [0.3, 0.4) is 0 Å².